The Labute approximate surface area is 221 Å². The van der Waals surface area contributed by atoms with Gasteiger partial charge in [-0.15, -0.1) is 0 Å². The molecule has 3 aromatic carbocycles. The smallest absolute Gasteiger partial charge is 0.299 e. The van der Waals surface area contributed by atoms with Crippen molar-refractivity contribution in [1.82, 2.24) is 15.1 Å². The second kappa shape index (κ2) is 11.3. The first kappa shape index (κ1) is 26.0. The van der Waals surface area contributed by atoms with Gasteiger partial charge in [0.2, 0.25) is 0 Å². The van der Waals surface area contributed by atoms with Crippen LogP contribution in [0.5, 0.6) is 11.5 Å². The highest BCUT2D eigenvalue weighted by Crippen LogP contribution is 2.30. The molecule has 0 radical (unpaired) electrons. The number of ether oxygens (including phenoxy) is 1. The summed E-state index contributed by atoms with van der Waals surface area (Å²) in [5.74, 6) is 0.975. The molecule has 1 aromatic heterocycles. The third-order valence-corrected chi connectivity index (χ3v) is 6.00. The Balaban J connectivity index is 1.74. The standard InChI is InChI=1S/C29H29ClN4O3/c1-18(2)16-31-28(35)21-7-5-9-23(14-21)33-27-26(37-25-12-11-19(3)20(4)13-25)17-32-34(29(27)36)24-10-6-8-22(30)15-24/h5-15,17-18,33H,16H2,1-4H3,(H,31,35). The van der Waals surface area contributed by atoms with Gasteiger partial charge in [-0.05, 0) is 79.4 Å². The molecule has 0 aliphatic heterocycles. The molecule has 4 aromatic rings. The fraction of sp³-hybridized carbons (Fsp3) is 0.207. The minimum Gasteiger partial charge on any atom is -0.453 e. The Bertz CT molecular complexity index is 1500. The van der Waals surface area contributed by atoms with Crippen LogP contribution in [0.3, 0.4) is 0 Å². The fourth-order valence-corrected chi connectivity index (χ4v) is 3.79. The van der Waals surface area contributed by atoms with Crippen molar-refractivity contribution >= 4 is 28.9 Å². The van der Waals surface area contributed by atoms with Crippen LogP contribution in [0.15, 0.2) is 77.7 Å². The van der Waals surface area contributed by atoms with E-state index in [1.54, 1.807) is 48.5 Å². The van der Waals surface area contributed by atoms with Crippen LogP contribution in [-0.4, -0.2) is 22.2 Å². The maximum absolute atomic E-state index is 13.6. The number of nitrogens with one attached hydrogen (secondary N) is 2. The second-order valence-corrected chi connectivity index (χ2v) is 9.67. The highest BCUT2D eigenvalue weighted by Gasteiger charge is 2.17. The summed E-state index contributed by atoms with van der Waals surface area (Å²) in [7, 11) is 0. The first-order valence-corrected chi connectivity index (χ1v) is 12.4. The third-order valence-electron chi connectivity index (χ3n) is 5.77. The van der Waals surface area contributed by atoms with Crippen LogP contribution in [-0.2, 0) is 0 Å². The van der Waals surface area contributed by atoms with Crippen molar-refractivity contribution in [2.75, 3.05) is 11.9 Å². The number of rotatable bonds is 8. The summed E-state index contributed by atoms with van der Waals surface area (Å²) in [6.07, 6.45) is 1.49. The van der Waals surface area contributed by atoms with E-state index in [9.17, 15) is 9.59 Å². The SMILES string of the molecule is Cc1ccc(Oc2cnn(-c3cccc(Cl)c3)c(=O)c2Nc2cccc(C(=O)NCC(C)C)c2)cc1C. The van der Waals surface area contributed by atoms with E-state index >= 15 is 0 Å². The van der Waals surface area contributed by atoms with Gasteiger partial charge in [-0.25, -0.2) is 0 Å². The lowest BCUT2D eigenvalue weighted by Crippen LogP contribution is -2.27. The molecule has 0 atom stereocenters. The van der Waals surface area contributed by atoms with Gasteiger partial charge in [0, 0.05) is 22.8 Å². The number of amides is 1. The van der Waals surface area contributed by atoms with Crippen molar-refractivity contribution in [1.29, 1.82) is 0 Å². The molecule has 0 saturated heterocycles. The van der Waals surface area contributed by atoms with E-state index in [2.05, 4.69) is 15.7 Å². The first-order valence-electron chi connectivity index (χ1n) is 12.0. The van der Waals surface area contributed by atoms with E-state index in [0.717, 1.165) is 11.1 Å². The van der Waals surface area contributed by atoms with Gasteiger partial charge in [0.25, 0.3) is 11.5 Å². The van der Waals surface area contributed by atoms with Crippen molar-refractivity contribution in [3.63, 3.8) is 0 Å². The molecule has 190 valence electrons. The molecular formula is C29H29ClN4O3. The minimum atomic E-state index is -0.432. The summed E-state index contributed by atoms with van der Waals surface area (Å²) in [5, 5.41) is 10.9. The Kier molecular flexibility index (Phi) is 7.94. The highest BCUT2D eigenvalue weighted by atomic mass is 35.5. The van der Waals surface area contributed by atoms with Crippen LogP contribution in [0.4, 0.5) is 11.4 Å². The maximum atomic E-state index is 13.6. The van der Waals surface area contributed by atoms with Crippen LogP contribution >= 0.6 is 11.6 Å². The van der Waals surface area contributed by atoms with Gasteiger partial charge >= 0.3 is 0 Å². The van der Waals surface area contributed by atoms with Crippen molar-refractivity contribution in [3.8, 4) is 17.2 Å². The molecule has 0 bridgehead atoms. The van der Waals surface area contributed by atoms with Crippen molar-refractivity contribution in [2.24, 2.45) is 5.92 Å². The van der Waals surface area contributed by atoms with Gasteiger partial charge in [-0.2, -0.15) is 9.78 Å². The summed E-state index contributed by atoms with van der Waals surface area (Å²) >= 11 is 6.15. The number of hydrogen-bond acceptors (Lipinski definition) is 5. The van der Waals surface area contributed by atoms with E-state index in [-0.39, 0.29) is 17.3 Å². The number of halogens is 1. The van der Waals surface area contributed by atoms with Gasteiger partial charge < -0.3 is 15.4 Å². The van der Waals surface area contributed by atoms with Gasteiger partial charge in [-0.3, -0.25) is 9.59 Å². The molecule has 0 aliphatic rings. The molecule has 4 rings (SSSR count). The maximum Gasteiger partial charge on any atom is 0.299 e. The molecule has 0 unspecified atom stereocenters. The number of nitrogens with zero attached hydrogens (tertiary/aromatic N) is 2. The molecule has 0 spiro atoms. The first-order chi connectivity index (χ1) is 17.7. The zero-order valence-corrected chi connectivity index (χ0v) is 22.0. The number of aromatic nitrogens is 2. The summed E-state index contributed by atoms with van der Waals surface area (Å²) in [6.45, 7) is 8.64. The molecule has 8 heteroatoms. The lowest BCUT2D eigenvalue weighted by molar-refractivity contribution is 0.0949. The quantitative estimate of drug-likeness (QED) is 0.282. The average Bonchev–Trinajstić information content (AvgIpc) is 2.87. The predicted octanol–water partition coefficient (Wildman–Crippen LogP) is 6.42. The minimum absolute atomic E-state index is 0.174. The molecule has 2 N–H and O–H groups in total. The number of hydrogen-bond donors (Lipinski definition) is 2. The Morgan fingerprint density at radius 1 is 1.03 bits per heavy atom. The van der Waals surface area contributed by atoms with E-state index < -0.39 is 5.56 Å². The molecule has 1 heterocycles. The second-order valence-electron chi connectivity index (χ2n) is 9.24. The lowest BCUT2D eigenvalue weighted by atomic mass is 10.1. The molecule has 37 heavy (non-hydrogen) atoms. The molecule has 0 saturated carbocycles. The molecule has 0 fully saturated rings. The van der Waals surface area contributed by atoms with Crippen LogP contribution in [0, 0.1) is 19.8 Å². The van der Waals surface area contributed by atoms with Crippen LogP contribution < -0.4 is 20.9 Å². The Morgan fingerprint density at radius 2 is 1.81 bits per heavy atom. The molecule has 0 aliphatic carbocycles. The number of anilines is 2. The van der Waals surface area contributed by atoms with Gasteiger partial charge in [0.05, 0.1) is 11.9 Å². The van der Waals surface area contributed by atoms with Gasteiger partial charge in [-0.1, -0.05) is 43.6 Å². The van der Waals surface area contributed by atoms with Crippen molar-refractivity contribution < 1.29 is 9.53 Å². The van der Waals surface area contributed by atoms with E-state index in [1.807, 2.05) is 45.9 Å². The molecule has 1 amide bonds. The summed E-state index contributed by atoms with van der Waals surface area (Å²) in [4.78, 5) is 26.3. The number of benzene rings is 3. The normalized spacial score (nSPS) is 10.9. The lowest BCUT2D eigenvalue weighted by Gasteiger charge is -2.16. The van der Waals surface area contributed by atoms with E-state index in [1.165, 1.54) is 10.9 Å². The summed E-state index contributed by atoms with van der Waals surface area (Å²) in [6, 6.07) is 19.5. The third kappa shape index (κ3) is 6.37. The zero-order chi connectivity index (χ0) is 26.5. The zero-order valence-electron chi connectivity index (χ0n) is 21.2. The molecular weight excluding hydrogens is 488 g/mol. The average molecular weight is 517 g/mol. The van der Waals surface area contributed by atoms with Crippen molar-refractivity contribution in [3.05, 3.63) is 105 Å². The topological polar surface area (TPSA) is 85.2 Å². The number of aryl methyl sites for hydroxylation is 2. The molecule has 7 nitrogen and oxygen atoms in total. The summed E-state index contributed by atoms with van der Waals surface area (Å²) in [5.41, 5.74) is 3.49. The largest absolute Gasteiger partial charge is 0.453 e. The van der Waals surface area contributed by atoms with Crippen molar-refractivity contribution in [2.45, 2.75) is 27.7 Å². The Morgan fingerprint density at radius 3 is 2.54 bits per heavy atom. The highest BCUT2D eigenvalue weighted by molar-refractivity contribution is 6.30. The van der Waals surface area contributed by atoms with Crippen LogP contribution in [0.25, 0.3) is 5.69 Å². The van der Waals surface area contributed by atoms with Gasteiger partial charge in [0.15, 0.2) is 11.4 Å². The Hall–Kier alpha value is -4.10. The van der Waals surface area contributed by atoms with Crippen LogP contribution in [0.1, 0.15) is 35.3 Å². The predicted molar refractivity (Wildman–Crippen MR) is 148 cm³/mol. The fourth-order valence-electron chi connectivity index (χ4n) is 3.61. The number of carbonyl (C=O) groups excluding carboxylic acids is 1. The number of carbonyl (C=O) groups is 1. The van der Waals surface area contributed by atoms with E-state index in [4.69, 9.17) is 16.3 Å². The van der Waals surface area contributed by atoms with E-state index in [0.29, 0.717) is 40.2 Å². The summed E-state index contributed by atoms with van der Waals surface area (Å²) < 4.78 is 7.36. The van der Waals surface area contributed by atoms with Gasteiger partial charge in [0.1, 0.15) is 5.75 Å². The van der Waals surface area contributed by atoms with Crippen LogP contribution in [0.2, 0.25) is 5.02 Å². The monoisotopic (exact) mass is 516 g/mol.